The summed E-state index contributed by atoms with van der Waals surface area (Å²) in [7, 11) is 0. The lowest BCUT2D eigenvalue weighted by Gasteiger charge is -2.11. The van der Waals surface area contributed by atoms with Crippen molar-refractivity contribution in [1.82, 2.24) is 20.3 Å². The van der Waals surface area contributed by atoms with Gasteiger partial charge in [-0.25, -0.2) is 4.68 Å². The number of fused-ring (bicyclic) bond motifs is 3. The Morgan fingerprint density at radius 1 is 1.33 bits per heavy atom. The maximum Gasteiger partial charge on any atom is 0.0885 e. The van der Waals surface area contributed by atoms with Gasteiger partial charge in [0.1, 0.15) is 0 Å². The normalized spacial score (nSPS) is 29.3. The van der Waals surface area contributed by atoms with Gasteiger partial charge in [0.25, 0.3) is 0 Å². The van der Waals surface area contributed by atoms with E-state index >= 15 is 0 Å². The third-order valence-electron chi connectivity index (χ3n) is 3.58. The Balaban J connectivity index is 1.99. The molecule has 0 saturated carbocycles. The zero-order chi connectivity index (χ0) is 10.4. The molecular weight excluding hydrogens is 188 g/mol. The number of rotatable bonds is 1. The van der Waals surface area contributed by atoms with Crippen molar-refractivity contribution in [3.8, 4) is 0 Å². The molecule has 2 aliphatic heterocycles. The second-order valence-electron chi connectivity index (χ2n) is 5.10. The highest BCUT2D eigenvalue weighted by Crippen LogP contribution is 2.26. The molecule has 15 heavy (non-hydrogen) atoms. The van der Waals surface area contributed by atoms with E-state index in [1.807, 2.05) is 0 Å². The molecule has 1 fully saturated rings. The molecule has 82 valence electrons. The second kappa shape index (κ2) is 3.30. The first kappa shape index (κ1) is 9.33. The van der Waals surface area contributed by atoms with Gasteiger partial charge in [0.2, 0.25) is 0 Å². The van der Waals surface area contributed by atoms with E-state index in [1.54, 1.807) is 0 Å². The summed E-state index contributed by atoms with van der Waals surface area (Å²) in [5.41, 5.74) is 2.56. The first-order chi connectivity index (χ1) is 7.24. The SMILES string of the molecule is CC(C)c1nnn2c1CC1CCC(C2)N1. The predicted octanol–water partition coefficient (Wildman–Crippen LogP) is 1.08. The van der Waals surface area contributed by atoms with Crippen molar-refractivity contribution in [2.75, 3.05) is 0 Å². The zero-order valence-electron chi connectivity index (χ0n) is 9.40. The number of hydrogen-bond acceptors (Lipinski definition) is 3. The molecule has 3 heterocycles. The van der Waals surface area contributed by atoms with Crippen LogP contribution in [-0.2, 0) is 13.0 Å². The van der Waals surface area contributed by atoms with Crippen LogP contribution in [0.25, 0.3) is 0 Å². The lowest BCUT2D eigenvalue weighted by molar-refractivity contribution is 0.468. The van der Waals surface area contributed by atoms with Crippen molar-refractivity contribution < 1.29 is 0 Å². The van der Waals surface area contributed by atoms with Gasteiger partial charge >= 0.3 is 0 Å². The van der Waals surface area contributed by atoms with Crippen LogP contribution in [0.2, 0.25) is 0 Å². The Kier molecular flexibility index (Phi) is 2.06. The van der Waals surface area contributed by atoms with Crippen LogP contribution in [0.15, 0.2) is 0 Å². The van der Waals surface area contributed by atoms with Gasteiger partial charge in [0, 0.05) is 18.5 Å². The van der Waals surface area contributed by atoms with Gasteiger partial charge in [0.05, 0.1) is 17.9 Å². The molecule has 4 nitrogen and oxygen atoms in total. The molecule has 3 rings (SSSR count). The van der Waals surface area contributed by atoms with Gasteiger partial charge in [-0.2, -0.15) is 0 Å². The Morgan fingerprint density at radius 2 is 2.13 bits per heavy atom. The lowest BCUT2D eigenvalue weighted by atomic mass is 10.0. The summed E-state index contributed by atoms with van der Waals surface area (Å²) in [5, 5.41) is 12.3. The summed E-state index contributed by atoms with van der Waals surface area (Å²) in [6.45, 7) is 5.40. The van der Waals surface area contributed by atoms with Crippen LogP contribution in [-0.4, -0.2) is 27.1 Å². The highest BCUT2D eigenvalue weighted by Gasteiger charge is 2.31. The number of nitrogens with one attached hydrogen (secondary N) is 1. The van der Waals surface area contributed by atoms with Crippen LogP contribution in [0.5, 0.6) is 0 Å². The molecule has 4 heteroatoms. The molecule has 2 atom stereocenters. The maximum absolute atomic E-state index is 4.32. The average molecular weight is 206 g/mol. The van der Waals surface area contributed by atoms with Gasteiger partial charge in [-0.05, 0) is 18.8 Å². The van der Waals surface area contributed by atoms with E-state index in [0.717, 1.165) is 13.0 Å². The van der Waals surface area contributed by atoms with Gasteiger partial charge < -0.3 is 5.32 Å². The van der Waals surface area contributed by atoms with Gasteiger partial charge in [-0.1, -0.05) is 19.1 Å². The van der Waals surface area contributed by atoms with Crippen molar-refractivity contribution in [3.63, 3.8) is 0 Å². The highest BCUT2D eigenvalue weighted by atomic mass is 15.4. The molecular formula is C11H18N4. The van der Waals surface area contributed by atoms with E-state index in [4.69, 9.17) is 0 Å². The summed E-state index contributed by atoms with van der Waals surface area (Å²) in [4.78, 5) is 0. The first-order valence-corrected chi connectivity index (χ1v) is 5.92. The summed E-state index contributed by atoms with van der Waals surface area (Å²) >= 11 is 0. The summed E-state index contributed by atoms with van der Waals surface area (Å²) in [5.74, 6) is 0.491. The fourth-order valence-corrected chi connectivity index (χ4v) is 2.80. The molecule has 2 bridgehead atoms. The number of aromatic nitrogens is 3. The molecule has 1 aromatic heterocycles. The van der Waals surface area contributed by atoms with Crippen LogP contribution in [0.4, 0.5) is 0 Å². The lowest BCUT2D eigenvalue weighted by Crippen LogP contribution is -2.30. The van der Waals surface area contributed by atoms with Crippen molar-refractivity contribution >= 4 is 0 Å². The van der Waals surface area contributed by atoms with Crippen LogP contribution in [0, 0.1) is 0 Å². The average Bonchev–Trinajstić information content (AvgIpc) is 2.70. The molecule has 0 aliphatic carbocycles. The summed E-state index contributed by atoms with van der Waals surface area (Å²) in [6.07, 6.45) is 3.71. The monoisotopic (exact) mass is 206 g/mol. The maximum atomic E-state index is 4.32. The standard InChI is InChI=1S/C11H18N4/c1-7(2)11-10-5-8-3-4-9(12-8)6-15(10)14-13-11/h7-9,12H,3-6H2,1-2H3. The van der Waals surface area contributed by atoms with Crippen molar-refractivity contribution in [2.24, 2.45) is 0 Å². The predicted molar refractivity (Wildman–Crippen MR) is 57.8 cm³/mol. The second-order valence-corrected chi connectivity index (χ2v) is 5.10. The van der Waals surface area contributed by atoms with E-state index in [-0.39, 0.29) is 0 Å². The minimum absolute atomic E-state index is 0.491. The fraction of sp³-hybridized carbons (Fsp3) is 0.818. The largest absolute Gasteiger partial charge is 0.309 e. The van der Waals surface area contributed by atoms with Crippen LogP contribution in [0.1, 0.15) is 44.0 Å². The van der Waals surface area contributed by atoms with E-state index < -0.39 is 0 Å². The molecule has 0 amide bonds. The van der Waals surface area contributed by atoms with Crippen molar-refractivity contribution in [1.29, 1.82) is 0 Å². The van der Waals surface area contributed by atoms with E-state index in [9.17, 15) is 0 Å². The third kappa shape index (κ3) is 1.47. The number of hydrogen-bond donors (Lipinski definition) is 1. The van der Waals surface area contributed by atoms with E-state index in [2.05, 4.69) is 34.2 Å². The van der Waals surface area contributed by atoms with Crippen molar-refractivity contribution in [3.05, 3.63) is 11.4 Å². The van der Waals surface area contributed by atoms with Gasteiger partial charge in [0.15, 0.2) is 0 Å². The Hall–Kier alpha value is -0.900. The zero-order valence-corrected chi connectivity index (χ0v) is 9.40. The Labute approximate surface area is 90.0 Å². The smallest absolute Gasteiger partial charge is 0.0885 e. The van der Waals surface area contributed by atoms with Crippen LogP contribution in [0.3, 0.4) is 0 Å². The minimum atomic E-state index is 0.491. The minimum Gasteiger partial charge on any atom is -0.309 e. The molecule has 2 aliphatic rings. The highest BCUT2D eigenvalue weighted by molar-refractivity contribution is 5.17. The van der Waals surface area contributed by atoms with Crippen LogP contribution >= 0.6 is 0 Å². The molecule has 2 unspecified atom stereocenters. The quantitative estimate of drug-likeness (QED) is 0.747. The van der Waals surface area contributed by atoms with E-state index in [0.29, 0.717) is 18.0 Å². The molecule has 0 radical (unpaired) electrons. The molecule has 0 aromatic carbocycles. The topological polar surface area (TPSA) is 42.7 Å². The van der Waals surface area contributed by atoms with Crippen molar-refractivity contribution in [2.45, 2.75) is 57.7 Å². The molecule has 0 spiro atoms. The Morgan fingerprint density at radius 3 is 2.93 bits per heavy atom. The van der Waals surface area contributed by atoms with Gasteiger partial charge in [-0.15, -0.1) is 5.10 Å². The molecule has 1 aromatic rings. The van der Waals surface area contributed by atoms with Crippen LogP contribution < -0.4 is 5.32 Å². The first-order valence-electron chi connectivity index (χ1n) is 5.92. The molecule has 1 saturated heterocycles. The number of nitrogens with zero attached hydrogens (tertiary/aromatic N) is 3. The summed E-state index contributed by atoms with van der Waals surface area (Å²) < 4.78 is 2.12. The van der Waals surface area contributed by atoms with E-state index in [1.165, 1.54) is 24.2 Å². The summed E-state index contributed by atoms with van der Waals surface area (Å²) in [6, 6.07) is 1.28. The third-order valence-corrected chi connectivity index (χ3v) is 3.58. The molecule has 1 N–H and O–H groups in total. The Bertz CT molecular complexity index is 369. The fourth-order valence-electron chi connectivity index (χ4n) is 2.80. The van der Waals surface area contributed by atoms with Gasteiger partial charge in [-0.3, -0.25) is 0 Å².